The molecule has 0 atom stereocenters. The molecule has 0 unspecified atom stereocenters. The smallest absolute Gasteiger partial charge is 0.0428 e. The van der Waals surface area contributed by atoms with Crippen LogP contribution in [-0.4, -0.2) is 10.9 Å². The Balaban J connectivity index is 2.66. The van der Waals surface area contributed by atoms with E-state index in [1.807, 2.05) is 19.1 Å². The predicted octanol–water partition coefficient (Wildman–Crippen LogP) is 2.37. The van der Waals surface area contributed by atoms with Crippen LogP contribution in [0.4, 0.5) is 0 Å². The SMILES string of the molecule is Cc1ccc(C#CCCCl)cn1. The molecule has 0 aliphatic heterocycles. The van der Waals surface area contributed by atoms with Crippen molar-refractivity contribution in [3.8, 4) is 11.8 Å². The molecule has 0 amide bonds. The molecule has 1 aromatic heterocycles. The van der Waals surface area contributed by atoms with Crippen molar-refractivity contribution in [1.29, 1.82) is 0 Å². The number of aryl methyl sites for hydroxylation is 1. The first kappa shape index (κ1) is 9.09. The van der Waals surface area contributed by atoms with Crippen molar-refractivity contribution >= 4 is 11.6 Å². The van der Waals surface area contributed by atoms with Gasteiger partial charge in [0.1, 0.15) is 0 Å². The molecule has 1 aromatic rings. The Hall–Kier alpha value is -1.00. The number of halogens is 1. The van der Waals surface area contributed by atoms with Crippen molar-refractivity contribution in [3.63, 3.8) is 0 Å². The van der Waals surface area contributed by atoms with Gasteiger partial charge in [0.05, 0.1) is 0 Å². The molecule has 0 saturated heterocycles. The van der Waals surface area contributed by atoms with Gasteiger partial charge in [0.15, 0.2) is 0 Å². The van der Waals surface area contributed by atoms with E-state index in [0.717, 1.165) is 17.7 Å². The number of rotatable bonds is 1. The maximum Gasteiger partial charge on any atom is 0.0428 e. The van der Waals surface area contributed by atoms with Gasteiger partial charge < -0.3 is 0 Å². The number of nitrogens with zero attached hydrogens (tertiary/aromatic N) is 1. The maximum absolute atomic E-state index is 5.47. The first-order valence-corrected chi connectivity index (χ1v) is 4.34. The minimum atomic E-state index is 0.590. The summed E-state index contributed by atoms with van der Waals surface area (Å²) in [7, 11) is 0. The van der Waals surface area contributed by atoms with Gasteiger partial charge >= 0.3 is 0 Å². The third kappa shape index (κ3) is 2.94. The van der Waals surface area contributed by atoms with Crippen molar-refractivity contribution in [2.24, 2.45) is 0 Å². The Kier molecular flexibility index (Phi) is 3.63. The number of hydrogen-bond acceptors (Lipinski definition) is 1. The lowest BCUT2D eigenvalue weighted by atomic mass is 10.2. The Labute approximate surface area is 77.8 Å². The van der Waals surface area contributed by atoms with E-state index in [-0.39, 0.29) is 0 Å². The van der Waals surface area contributed by atoms with Gasteiger partial charge in [-0.1, -0.05) is 11.8 Å². The van der Waals surface area contributed by atoms with Crippen LogP contribution >= 0.6 is 11.6 Å². The number of aromatic nitrogens is 1. The highest BCUT2D eigenvalue weighted by molar-refractivity contribution is 6.18. The normalized spacial score (nSPS) is 8.83. The topological polar surface area (TPSA) is 12.9 Å². The van der Waals surface area contributed by atoms with Crippen LogP contribution in [0, 0.1) is 18.8 Å². The van der Waals surface area contributed by atoms with E-state index in [0.29, 0.717) is 5.88 Å². The lowest BCUT2D eigenvalue weighted by Gasteiger charge is -1.90. The van der Waals surface area contributed by atoms with Gasteiger partial charge in [-0.05, 0) is 19.1 Å². The van der Waals surface area contributed by atoms with Gasteiger partial charge in [-0.3, -0.25) is 4.98 Å². The Bertz CT molecular complexity index is 292. The van der Waals surface area contributed by atoms with Crippen LogP contribution in [0.1, 0.15) is 17.7 Å². The molecule has 0 aliphatic rings. The minimum Gasteiger partial charge on any atom is -0.260 e. The molecule has 0 bridgehead atoms. The molecule has 2 heteroatoms. The molecule has 0 aliphatic carbocycles. The summed E-state index contributed by atoms with van der Waals surface area (Å²) >= 11 is 5.47. The molecule has 62 valence electrons. The van der Waals surface area contributed by atoms with Crippen molar-refractivity contribution in [2.45, 2.75) is 13.3 Å². The molecule has 0 radical (unpaired) electrons. The fourth-order valence-corrected chi connectivity index (χ4v) is 0.848. The largest absolute Gasteiger partial charge is 0.260 e. The lowest BCUT2D eigenvalue weighted by Crippen LogP contribution is -1.81. The van der Waals surface area contributed by atoms with Crippen molar-refractivity contribution in [1.82, 2.24) is 4.98 Å². The highest BCUT2D eigenvalue weighted by Gasteiger charge is 1.85. The molecule has 12 heavy (non-hydrogen) atoms. The van der Waals surface area contributed by atoms with Crippen LogP contribution in [0.2, 0.25) is 0 Å². The van der Waals surface area contributed by atoms with Gasteiger partial charge in [-0.2, -0.15) is 0 Å². The second-order valence-electron chi connectivity index (χ2n) is 2.43. The van der Waals surface area contributed by atoms with E-state index in [1.54, 1.807) is 6.20 Å². The quantitative estimate of drug-likeness (QED) is 0.477. The van der Waals surface area contributed by atoms with E-state index >= 15 is 0 Å². The van der Waals surface area contributed by atoms with E-state index in [2.05, 4.69) is 16.8 Å². The molecular formula is C10H10ClN. The summed E-state index contributed by atoms with van der Waals surface area (Å²) in [5.41, 5.74) is 1.96. The molecule has 1 rings (SSSR count). The number of alkyl halides is 1. The fourth-order valence-electron chi connectivity index (χ4n) is 0.754. The lowest BCUT2D eigenvalue weighted by molar-refractivity contribution is 1.19. The zero-order valence-electron chi connectivity index (χ0n) is 6.97. The zero-order chi connectivity index (χ0) is 8.81. The summed E-state index contributed by atoms with van der Waals surface area (Å²) in [6.07, 6.45) is 2.51. The van der Waals surface area contributed by atoms with E-state index in [4.69, 9.17) is 11.6 Å². The summed E-state index contributed by atoms with van der Waals surface area (Å²) in [4.78, 5) is 4.12. The molecule has 0 spiro atoms. The maximum atomic E-state index is 5.47. The average molecular weight is 180 g/mol. The standard InChI is InChI=1S/C10H10ClN/c1-9-5-6-10(8-12-9)4-2-3-7-11/h5-6,8H,3,7H2,1H3. The van der Waals surface area contributed by atoms with Crippen molar-refractivity contribution < 1.29 is 0 Å². The van der Waals surface area contributed by atoms with E-state index in [9.17, 15) is 0 Å². The Morgan fingerprint density at radius 2 is 2.33 bits per heavy atom. The third-order valence-electron chi connectivity index (χ3n) is 1.36. The van der Waals surface area contributed by atoms with Crippen molar-refractivity contribution in [3.05, 3.63) is 29.6 Å². The van der Waals surface area contributed by atoms with Gasteiger partial charge in [0.2, 0.25) is 0 Å². The van der Waals surface area contributed by atoms with E-state index < -0.39 is 0 Å². The van der Waals surface area contributed by atoms with E-state index in [1.165, 1.54) is 0 Å². The summed E-state index contributed by atoms with van der Waals surface area (Å²) in [5.74, 6) is 6.51. The van der Waals surface area contributed by atoms with Gasteiger partial charge in [-0.25, -0.2) is 0 Å². The minimum absolute atomic E-state index is 0.590. The molecule has 0 fully saturated rings. The molecule has 1 heterocycles. The van der Waals surface area contributed by atoms with Crippen molar-refractivity contribution in [2.75, 3.05) is 5.88 Å². The average Bonchev–Trinajstić information content (AvgIpc) is 2.09. The molecule has 0 N–H and O–H groups in total. The van der Waals surface area contributed by atoms with Crippen LogP contribution in [0.5, 0.6) is 0 Å². The van der Waals surface area contributed by atoms with Gasteiger partial charge in [0.25, 0.3) is 0 Å². The summed E-state index contributed by atoms with van der Waals surface area (Å²) in [5, 5.41) is 0. The highest BCUT2D eigenvalue weighted by Crippen LogP contribution is 1.96. The highest BCUT2D eigenvalue weighted by atomic mass is 35.5. The van der Waals surface area contributed by atoms with Crippen LogP contribution in [0.25, 0.3) is 0 Å². The number of pyridine rings is 1. The van der Waals surface area contributed by atoms with Gasteiger partial charge in [-0.15, -0.1) is 11.6 Å². The fraction of sp³-hybridized carbons (Fsp3) is 0.300. The van der Waals surface area contributed by atoms with Crippen LogP contribution < -0.4 is 0 Å². The van der Waals surface area contributed by atoms with Crippen LogP contribution in [0.3, 0.4) is 0 Å². The van der Waals surface area contributed by atoms with Crippen LogP contribution in [-0.2, 0) is 0 Å². The zero-order valence-corrected chi connectivity index (χ0v) is 7.73. The molecule has 0 saturated carbocycles. The summed E-state index contributed by atoms with van der Waals surface area (Å²) in [6, 6.07) is 3.91. The monoisotopic (exact) mass is 179 g/mol. The Morgan fingerprint density at radius 3 is 2.92 bits per heavy atom. The molecule has 0 aromatic carbocycles. The van der Waals surface area contributed by atoms with Gasteiger partial charge in [0, 0.05) is 29.8 Å². The first-order chi connectivity index (χ1) is 5.83. The van der Waals surface area contributed by atoms with Crippen LogP contribution in [0.15, 0.2) is 18.3 Å². The second-order valence-corrected chi connectivity index (χ2v) is 2.81. The summed E-state index contributed by atoms with van der Waals surface area (Å²) in [6.45, 7) is 1.95. The first-order valence-electron chi connectivity index (χ1n) is 3.80. The Morgan fingerprint density at radius 1 is 1.50 bits per heavy atom. The summed E-state index contributed by atoms with van der Waals surface area (Å²) < 4.78 is 0. The molecular weight excluding hydrogens is 170 g/mol. The molecule has 1 nitrogen and oxygen atoms in total. The third-order valence-corrected chi connectivity index (χ3v) is 1.55. The number of hydrogen-bond donors (Lipinski definition) is 0. The predicted molar refractivity (Wildman–Crippen MR) is 51.2 cm³/mol. The second kappa shape index (κ2) is 4.79.